The molecule has 3 aromatic carbocycles. The quantitative estimate of drug-likeness (QED) is 0.516. The highest BCUT2D eigenvalue weighted by Crippen LogP contribution is 2.28. The molecular weight excluding hydrogens is 332 g/mol. The lowest BCUT2D eigenvalue weighted by molar-refractivity contribution is 0.0378. The molecule has 0 bridgehead atoms. The maximum atomic E-state index is 12.8. The van der Waals surface area contributed by atoms with Gasteiger partial charge in [-0.25, -0.2) is 4.79 Å². The Kier molecular flexibility index (Phi) is 5.46. The fourth-order valence-corrected chi connectivity index (χ4v) is 2.98. The average molecular weight is 358 g/mol. The molecule has 0 amide bonds. The van der Waals surface area contributed by atoms with Crippen LogP contribution in [0.3, 0.4) is 0 Å². The Bertz CT molecular complexity index is 886. The summed E-state index contributed by atoms with van der Waals surface area (Å²) in [6.07, 6.45) is -0.429. The molecule has 1 atom stereocenters. The summed E-state index contributed by atoms with van der Waals surface area (Å²) in [6, 6.07) is 25.7. The first-order chi connectivity index (χ1) is 12.8. The molecule has 3 rings (SSSR count). The van der Waals surface area contributed by atoms with Gasteiger partial charge in [0.25, 0.3) is 0 Å². The van der Waals surface area contributed by atoms with Gasteiger partial charge in [0.15, 0.2) is 6.10 Å². The van der Waals surface area contributed by atoms with E-state index in [4.69, 9.17) is 4.74 Å². The van der Waals surface area contributed by atoms with Crippen molar-refractivity contribution in [1.29, 1.82) is 0 Å². The third-order valence-corrected chi connectivity index (χ3v) is 4.69. The highest BCUT2D eigenvalue weighted by atomic mass is 16.5. The number of carbonyl (C=O) groups excluding carboxylic acids is 1. The molecular formula is C25H26O2. The van der Waals surface area contributed by atoms with Crippen molar-refractivity contribution in [2.45, 2.75) is 39.2 Å². The van der Waals surface area contributed by atoms with Crippen LogP contribution in [0.25, 0.3) is 0 Å². The topological polar surface area (TPSA) is 26.3 Å². The molecule has 2 nitrogen and oxygen atoms in total. The molecule has 0 saturated heterocycles. The summed E-state index contributed by atoms with van der Waals surface area (Å²) in [4.78, 5) is 12.8. The minimum absolute atomic E-state index is 0.0525. The van der Waals surface area contributed by atoms with Gasteiger partial charge in [-0.15, -0.1) is 0 Å². The number of benzene rings is 3. The molecule has 0 fully saturated rings. The van der Waals surface area contributed by atoms with Crippen LogP contribution in [-0.2, 0) is 10.2 Å². The summed E-state index contributed by atoms with van der Waals surface area (Å²) >= 11 is 0. The van der Waals surface area contributed by atoms with Gasteiger partial charge in [-0.2, -0.15) is 0 Å². The number of ether oxygens (including phenoxy) is 1. The van der Waals surface area contributed by atoms with Gasteiger partial charge in [-0.1, -0.05) is 93.1 Å². The maximum absolute atomic E-state index is 12.8. The Balaban J connectivity index is 1.88. The van der Waals surface area contributed by atoms with E-state index < -0.39 is 6.10 Å². The van der Waals surface area contributed by atoms with Crippen LogP contribution in [0.5, 0.6) is 0 Å². The zero-order chi connectivity index (χ0) is 19.4. The highest BCUT2D eigenvalue weighted by Gasteiger charge is 2.21. The molecule has 27 heavy (non-hydrogen) atoms. The number of carbonyl (C=O) groups is 1. The SMILES string of the molecule is Cc1ccc([C@H](OC(=O)c2ccc(C(C)(C)C)cc2)c2ccccc2)cc1. The number of hydrogen-bond donors (Lipinski definition) is 0. The van der Waals surface area contributed by atoms with Crippen LogP contribution in [0, 0.1) is 6.92 Å². The van der Waals surface area contributed by atoms with Gasteiger partial charge in [0.2, 0.25) is 0 Å². The first-order valence-electron chi connectivity index (χ1n) is 9.27. The van der Waals surface area contributed by atoms with E-state index in [1.807, 2.05) is 85.8 Å². The molecule has 0 aromatic heterocycles. The van der Waals surface area contributed by atoms with Gasteiger partial charge in [0.1, 0.15) is 0 Å². The van der Waals surface area contributed by atoms with E-state index in [-0.39, 0.29) is 11.4 Å². The van der Waals surface area contributed by atoms with Crippen LogP contribution in [-0.4, -0.2) is 5.97 Å². The fourth-order valence-electron chi connectivity index (χ4n) is 2.98. The monoisotopic (exact) mass is 358 g/mol. The smallest absolute Gasteiger partial charge is 0.339 e. The van der Waals surface area contributed by atoms with Crippen molar-refractivity contribution in [3.63, 3.8) is 0 Å². The lowest BCUT2D eigenvalue weighted by Gasteiger charge is -2.21. The summed E-state index contributed by atoms with van der Waals surface area (Å²) in [7, 11) is 0. The van der Waals surface area contributed by atoms with Crippen LogP contribution in [0.2, 0.25) is 0 Å². The van der Waals surface area contributed by atoms with Crippen molar-refractivity contribution in [3.8, 4) is 0 Å². The van der Waals surface area contributed by atoms with Crippen molar-refractivity contribution < 1.29 is 9.53 Å². The van der Waals surface area contributed by atoms with Crippen molar-refractivity contribution in [2.24, 2.45) is 0 Å². The van der Waals surface area contributed by atoms with E-state index in [9.17, 15) is 4.79 Å². The molecule has 0 radical (unpaired) electrons. The molecule has 0 spiro atoms. The largest absolute Gasteiger partial charge is 0.449 e. The normalized spacial score (nSPS) is 12.4. The number of rotatable bonds is 4. The summed E-state index contributed by atoms with van der Waals surface area (Å²) in [5.41, 5.74) is 4.91. The standard InChI is InChI=1S/C25H26O2/c1-18-10-12-20(13-11-18)23(19-8-6-5-7-9-19)27-24(26)21-14-16-22(17-15-21)25(2,3)4/h5-17,23H,1-4H3/t23-/m1/s1. The third kappa shape index (κ3) is 4.65. The Labute approximate surface area is 161 Å². The minimum atomic E-state index is -0.429. The van der Waals surface area contributed by atoms with Crippen molar-refractivity contribution in [3.05, 3.63) is 107 Å². The van der Waals surface area contributed by atoms with Crippen LogP contribution in [0.1, 0.15) is 59.5 Å². The van der Waals surface area contributed by atoms with E-state index in [0.717, 1.165) is 11.1 Å². The first kappa shape index (κ1) is 18.9. The highest BCUT2D eigenvalue weighted by molar-refractivity contribution is 5.89. The summed E-state index contributed by atoms with van der Waals surface area (Å²) in [6.45, 7) is 8.51. The predicted octanol–water partition coefficient (Wildman–Crippen LogP) is 6.24. The summed E-state index contributed by atoms with van der Waals surface area (Å²) in [5, 5.41) is 0. The van der Waals surface area contributed by atoms with Gasteiger partial charge in [-0.3, -0.25) is 0 Å². The second-order valence-electron chi connectivity index (χ2n) is 7.93. The van der Waals surface area contributed by atoms with Gasteiger partial charge >= 0.3 is 5.97 Å². The predicted molar refractivity (Wildman–Crippen MR) is 110 cm³/mol. The lowest BCUT2D eigenvalue weighted by Crippen LogP contribution is -2.14. The van der Waals surface area contributed by atoms with Crippen molar-refractivity contribution in [1.82, 2.24) is 0 Å². The molecule has 0 unspecified atom stereocenters. The van der Waals surface area contributed by atoms with Crippen molar-refractivity contribution >= 4 is 5.97 Å². The maximum Gasteiger partial charge on any atom is 0.339 e. The van der Waals surface area contributed by atoms with E-state index in [1.54, 1.807) is 0 Å². The molecule has 0 heterocycles. The van der Waals surface area contributed by atoms with Crippen molar-refractivity contribution in [2.75, 3.05) is 0 Å². The van der Waals surface area contributed by atoms with Crippen LogP contribution in [0.4, 0.5) is 0 Å². The van der Waals surface area contributed by atoms with E-state index >= 15 is 0 Å². The summed E-state index contributed by atoms with van der Waals surface area (Å²) in [5.74, 6) is -0.315. The average Bonchev–Trinajstić information content (AvgIpc) is 2.67. The first-order valence-corrected chi connectivity index (χ1v) is 9.27. The minimum Gasteiger partial charge on any atom is -0.449 e. The second-order valence-corrected chi connectivity index (χ2v) is 7.93. The Morgan fingerprint density at radius 3 is 1.89 bits per heavy atom. The second kappa shape index (κ2) is 7.79. The molecule has 0 saturated carbocycles. The van der Waals surface area contributed by atoms with Crippen LogP contribution in [0.15, 0.2) is 78.9 Å². The number of hydrogen-bond acceptors (Lipinski definition) is 2. The molecule has 0 aliphatic heterocycles. The third-order valence-electron chi connectivity index (χ3n) is 4.69. The zero-order valence-electron chi connectivity index (χ0n) is 16.4. The molecule has 138 valence electrons. The molecule has 3 aromatic rings. The van der Waals surface area contributed by atoms with Crippen LogP contribution < -0.4 is 0 Å². The number of esters is 1. The zero-order valence-corrected chi connectivity index (χ0v) is 16.4. The van der Waals surface area contributed by atoms with Gasteiger partial charge in [0, 0.05) is 0 Å². The molecule has 0 aliphatic carbocycles. The molecule has 0 N–H and O–H groups in total. The van der Waals surface area contributed by atoms with Gasteiger partial charge < -0.3 is 4.74 Å². The molecule has 0 aliphatic rings. The van der Waals surface area contributed by atoms with E-state index in [2.05, 4.69) is 20.8 Å². The Morgan fingerprint density at radius 2 is 1.33 bits per heavy atom. The van der Waals surface area contributed by atoms with Gasteiger partial charge in [-0.05, 0) is 41.2 Å². The lowest BCUT2D eigenvalue weighted by atomic mass is 9.87. The fraction of sp³-hybridized carbons (Fsp3) is 0.240. The van der Waals surface area contributed by atoms with E-state index in [0.29, 0.717) is 5.56 Å². The van der Waals surface area contributed by atoms with Crippen LogP contribution >= 0.6 is 0 Å². The molecule has 2 heteroatoms. The Morgan fingerprint density at radius 1 is 0.778 bits per heavy atom. The van der Waals surface area contributed by atoms with Gasteiger partial charge in [0.05, 0.1) is 5.56 Å². The Hall–Kier alpha value is -2.87. The van der Waals surface area contributed by atoms with E-state index in [1.165, 1.54) is 11.1 Å². The number of aryl methyl sites for hydroxylation is 1. The summed E-state index contributed by atoms with van der Waals surface area (Å²) < 4.78 is 5.94.